The van der Waals surface area contributed by atoms with E-state index in [9.17, 15) is 4.79 Å². The van der Waals surface area contributed by atoms with Crippen LogP contribution in [0.25, 0.3) is 0 Å². The molecule has 0 N–H and O–H groups in total. The summed E-state index contributed by atoms with van der Waals surface area (Å²) in [4.78, 5) is 19.7. The molecule has 5 heteroatoms. The molecular weight excluding hydrogens is 352 g/mol. The van der Waals surface area contributed by atoms with Crippen LogP contribution in [-0.4, -0.2) is 29.0 Å². The van der Waals surface area contributed by atoms with Crippen molar-refractivity contribution in [2.75, 3.05) is 13.2 Å². The Labute approximate surface area is 164 Å². The number of hydrogen-bond acceptors (Lipinski definition) is 4. The van der Waals surface area contributed by atoms with Gasteiger partial charge in [0.1, 0.15) is 13.2 Å². The highest BCUT2D eigenvalue weighted by Gasteiger charge is 2.25. The number of rotatable bonds is 5. The van der Waals surface area contributed by atoms with Gasteiger partial charge in [-0.1, -0.05) is 36.4 Å². The molecule has 1 aromatic heterocycles. The Morgan fingerprint density at radius 1 is 1.00 bits per heavy atom. The standard InChI is InChI=1S/C23H22N2O3/c1-17(18-7-3-2-4-8-18)25(16-20-9-5-6-12-24-20)23(26)19-10-11-21-22(15-19)28-14-13-27-21/h2-12,15,17H,13-14,16H2,1H3. The van der Waals surface area contributed by atoms with Crippen molar-refractivity contribution >= 4 is 5.91 Å². The number of carbonyl (C=O) groups excluding carboxylic acids is 1. The van der Waals surface area contributed by atoms with Crippen LogP contribution in [-0.2, 0) is 6.54 Å². The van der Waals surface area contributed by atoms with Crippen LogP contribution in [0.2, 0.25) is 0 Å². The van der Waals surface area contributed by atoms with Gasteiger partial charge in [0.2, 0.25) is 0 Å². The second-order valence-electron chi connectivity index (χ2n) is 6.70. The largest absolute Gasteiger partial charge is 0.486 e. The summed E-state index contributed by atoms with van der Waals surface area (Å²) in [5.41, 5.74) is 2.49. The number of benzene rings is 2. The fourth-order valence-corrected chi connectivity index (χ4v) is 3.30. The maximum atomic E-state index is 13.5. The second-order valence-corrected chi connectivity index (χ2v) is 6.70. The molecule has 2 aromatic carbocycles. The number of pyridine rings is 1. The zero-order chi connectivity index (χ0) is 19.3. The molecule has 1 aliphatic rings. The van der Waals surface area contributed by atoms with E-state index >= 15 is 0 Å². The minimum atomic E-state index is -0.107. The highest BCUT2D eigenvalue weighted by Crippen LogP contribution is 2.32. The van der Waals surface area contributed by atoms with Gasteiger partial charge in [-0.25, -0.2) is 0 Å². The van der Waals surface area contributed by atoms with Crippen molar-refractivity contribution in [2.45, 2.75) is 19.5 Å². The van der Waals surface area contributed by atoms with Gasteiger partial charge in [0, 0.05) is 11.8 Å². The van der Waals surface area contributed by atoms with Gasteiger partial charge in [0.05, 0.1) is 18.3 Å². The Balaban J connectivity index is 1.67. The molecule has 28 heavy (non-hydrogen) atoms. The lowest BCUT2D eigenvalue weighted by Crippen LogP contribution is -2.33. The van der Waals surface area contributed by atoms with Crippen LogP contribution >= 0.6 is 0 Å². The summed E-state index contributed by atoms with van der Waals surface area (Å²) in [5, 5.41) is 0. The first-order chi connectivity index (χ1) is 13.7. The number of ether oxygens (including phenoxy) is 2. The molecule has 0 fully saturated rings. The van der Waals surface area contributed by atoms with Crippen molar-refractivity contribution in [2.24, 2.45) is 0 Å². The lowest BCUT2D eigenvalue weighted by molar-refractivity contribution is 0.0670. The van der Waals surface area contributed by atoms with Gasteiger partial charge in [-0.05, 0) is 42.8 Å². The topological polar surface area (TPSA) is 51.7 Å². The summed E-state index contributed by atoms with van der Waals surface area (Å²) in [7, 11) is 0. The van der Waals surface area contributed by atoms with Crippen LogP contribution < -0.4 is 9.47 Å². The first-order valence-electron chi connectivity index (χ1n) is 9.38. The predicted octanol–water partition coefficient (Wildman–Crippen LogP) is 4.26. The van der Waals surface area contributed by atoms with Gasteiger partial charge in [0.15, 0.2) is 11.5 Å². The lowest BCUT2D eigenvalue weighted by Gasteiger charge is -2.30. The zero-order valence-corrected chi connectivity index (χ0v) is 15.7. The maximum Gasteiger partial charge on any atom is 0.254 e. The predicted molar refractivity (Wildman–Crippen MR) is 106 cm³/mol. The zero-order valence-electron chi connectivity index (χ0n) is 15.7. The van der Waals surface area contributed by atoms with Gasteiger partial charge in [-0.2, -0.15) is 0 Å². The van der Waals surface area contributed by atoms with E-state index in [1.807, 2.05) is 60.4 Å². The van der Waals surface area contributed by atoms with E-state index in [4.69, 9.17) is 9.47 Å². The lowest BCUT2D eigenvalue weighted by atomic mass is 10.0. The van der Waals surface area contributed by atoms with Crippen molar-refractivity contribution in [1.82, 2.24) is 9.88 Å². The van der Waals surface area contributed by atoms with Crippen LogP contribution in [0.4, 0.5) is 0 Å². The minimum Gasteiger partial charge on any atom is -0.486 e. The van der Waals surface area contributed by atoms with E-state index in [-0.39, 0.29) is 11.9 Å². The summed E-state index contributed by atoms with van der Waals surface area (Å²) >= 11 is 0. The molecule has 3 aromatic rings. The van der Waals surface area contributed by atoms with Crippen molar-refractivity contribution in [3.63, 3.8) is 0 Å². The molecule has 142 valence electrons. The van der Waals surface area contributed by atoms with E-state index in [1.54, 1.807) is 24.4 Å². The summed E-state index contributed by atoms with van der Waals surface area (Å²) in [6.45, 7) is 3.47. The summed E-state index contributed by atoms with van der Waals surface area (Å²) in [6.07, 6.45) is 1.75. The molecule has 1 atom stereocenters. The van der Waals surface area contributed by atoms with Crippen molar-refractivity contribution < 1.29 is 14.3 Å². The smallest absolute Gasteiger partial charge is 0.254 e. The first kappa shape index (κ1) is 18.0. The Bertz CT molecular complexity index is 945. The molecule has 0 spiro atoms. The van der Waals surface area contributed by atoms with Gasteiger partial charge >= 0.3 is 0 Å². The molecule has 1 unspecified atom stereocenters. The third-order valence-electron chi connectivity index (χ3n) is 4.86. The molecule has 4 rings (SSSR count). The molecule has 0 saturated heterocycles. The van der Waals surface area contributed by atoms with Crippen LogP contribution in [0.15, 0.2) is 72.9 Å². The molecule has 0 bridgehead atoms. The second kappa shape index (κ2) is 8.13. The number of carbonyl (C=O) groups is 1. The molecule has 0 radical (unpaired) electrons. The summed E-state index contributed by atoms with van der Waals surface area (Å²) in [5.74, 6) is 1.22. The molecule has 0 saturated carbocycles. The van der Waals surface area contributed by atoms with Crippen LogP contribution in [0.5, 0.6) is 11.5 Å². The van der Waals surface area contributed by atoms with E-state index < -0.39 is 0 Å². The minimum absolute atomic E-state index is 0.0704. The summed E-state index contributed by atoms with van der Waals surface area (Å²) < 4.78 is 11.2. The first-order valence-corrected chi connectivity index (χ1v) is 9.38. The third-order valence-corrected chi connectivity index (χ3v) is 4.86. The van der Waals surface area contributed by atoms with E-state index in [2.05, 4.69) is 4.98 Å². The quantitative estimate of drug-likeness (QED) is 0.670. The van der Waals surface area contributed by atoms with Crippen LogP contribution in [0.1, 0.15) is 34.6 Å². The van der Waals surface area contributed by atoms with Crippen LogP contribution in [0.3, 0.4) is 0 Å². The maximum absolute atomic E-state index is 13.5. The highest BCUT2D eigenvalue weighted by molar-refractivity contribution is 5.95. The normalized spacial score (nSPS) is 13.6. The number of amides is 1. The van der Waals surface area contributed by atoms with Crippen molar-refractivity contribution in [3.8, 4) is 11.5 Å². The van der Waals surface area contributed by atoms with Gasteiger partial charge in [-0.15, -0.1) is 0 Å². The van der Waals surface area contributed by atoms with E-state index in [0.717, 1.165) is 11.3 Å². The molecule has 1 aliphatic heterocycles. The highest BCUT2D eigenvalue weighted by atomic mass is 16.6. The average molecular weight is 374 g/mol. The van der Waals surface area contributed by atoms with Gasteiger partial charge < -0.3 is 14.4 Å². The number of aromatic nitrogens is 1. The Hall–Kier alpha value is -3.34. The van der Waals surface area contributed by atoms with E-state index in [0.29, 0.717) is 36.8 Å². The fraction of sp³-hybridized carbons (Fsp3) is 0.217. The SMILES string of the molecule is CC(c1ccccc1)N(Cc1ccccn1)C(=O)c1ccc2c(c1)OCCO2. The van der Waals surface area contributed by atoms with Crippen molar-refractivity contribution in [1.29, 1.82) is 0 Å². The number of hydrogen-bond donors (Lipinski definition) is 0. The average Bonchev–Trinajstić information content (AvgIpc) is 2.77. The molecule has 0 aliphatic carbocycles. The molecular formula is C23H22N2O3. The third kappa shape index (κ3) is 3.83. The summed E-state index contributed by atoms with van der Waals surface area (Å²) in [6, 6.07) is 21.0. The molecule has 1 amide bonds. The van der Waals surface area contributed by atoms with Gasteiger partial charge in [-0.3, -0.25) is 9.78 Å². The Morgan fingerprint density at radius 2 is 1.75 bits per heavy atom. The van der Waals surface area contributed by atoms with E-state index in [1.165, 1.54) is 0 Å². The van der Waals surface area contributed by atoms with Gasteiger partial charge in [0.25, 0.3) is 5.91 Å². The molecule has 5 nitrogen and oxygen atoms in total. The Morgan fingerprint density at radius 3 is 2.50 bits per heavy atom. The Kier molecular flexibility index (Phi) is 5.24. The number of fused-ring (bicyclic) bond motifs is 1. The van der Waals surface area contributed by atoms with Crippen LogP contribution in [0, 0.1) is 0 Å². The number of nitrogens with zero attached hydrogens (tertiary/aromatic N) is 2. The fourth-order valence-electron chi connectivity index (χ4n) is 3.30. The monoisotopic (exact) mass is 374 g/mol. The molecule has 2 heterocycles. The van der Waals surface area contributed by atoms with Crippen molar-refractivity contribution in [3.05, 3.63) is 89.7 Å².